The number of aryl methyl sites for hydroxylation is 2. The van der Waals surface area contributed by atoms with E-state index in [1.165, 1.54) is 0 Å². The number of carbonyl (C=O) groups excluding carboxylic acids is 2. The van der Waals surface area contributed by atoms with Crippen molar-refractivity contribution in [2.45, 2.75) is 64.7 Å². The van der Waals surface area contributed by atoms with Crippen molar-refractivity contribution in [2.75, 3.05) is 30.8 Å². The van der Waals surface area contributed by atoms with Gasteiger partial charge in [0.1, 0.15) is 17.4 Å². The van der Waals surface area contributed by atoms with E-state index in [9.17, 15) is 9.59 Å². The molecule has 2 amide bonds. The number of aromatic nitrogens is 2. The lowest BCUT2D eigenvalue weighted by atomic mass is 9.76. The Labute approximate surface area is 266 Å². The van der Waals surface area contributed by atoms with Gasteiger partial charge in [-0.2, -0.15) is 5.10 Å². The molecule has 2 heterocycles. The van der Waals surface area contributed by atoms with Crippen molar-refractivity contribution >= 4 is 23.3 Å². The minimum atomic E-state index is -0.373. The van der Waals surface area contributed by atoms with E-state index in [1.807, 2.05) is 85.8 Å². The molecular formula is C37H45N5O3. The van der Waals surface area contributed by atoms with Crippen LogP contribution in [0.1, 0.15) is 68.3 Å². The number of benzene rings is 3. The van der Waals surface area contributed by atoms with E-state index in [1.54, 1.807) is 11.8 Å². The summed E-state index contributed by atoms with van der Waals surface area (Å²) < 4.78 is 7.29. The van der Waals surface area contributed by atoms with E-state index in [0.717, 1.165) is 59.8 Å². The molecular weight excluding hydrogens is 562 g/mol. The predicted octanol–water partition coefficient (Wildman–Crippen LogP) is 7.42. The fourth-order valence-corrected chi connectivity index (χ4v) is 6.03. The van der Waals surface area contributed by atoms with E-state index < -0.39 is 0 Å². The molecule has 0 radical (unpaired) electrons. The van der Waals surface area contributed by atoms with Gasteiger partial charge in [0.25, 0.3) is 0 Å². The van der Waals surface area contributed by atoms with E-state index in [4.69, 9.17) is 9.84 Å². The third-order valence-corrected chi connectivity index (χ3v) is 8.54. The molecule has 1 aliphatic rings. The standard InChI is InChI=1S/C37H45N5O3/c1-25-13-16-30(17-14-25)42-34(24-33(41-42)37(2,3)4)40-36(44)39-29-11-8-10-28(23-29)35(27-19-21-38-22-20-27)31(43)18-15-26-9-6-7-12-32(26)45-5/h6-14,16-17,23-24,27,35,38H,15,18-22H2,1-5H3,(H2,39,40,44). The van der Waals surface area contributed by atoms with Crippen LogP contribution in [0.25, 0.3) is 5.69 Å². The molecule has 236 valence electrons. The number of Topliss-reactive ketones (excluding diaryl/α,β-unsaturated/α-hetero) is 1. The Morgan fingerprint density at radius 3 is 2.42 bits per heavy atom. The van der Waals surface area contributed by atoms with Gasteiger partial charge in [-0.1, -0.05) is 68.8 Å². The van der Waals surface area contributed by atoms with E-state index >= 15 is 0 Å². The molecule has 8 nitrogen and oxygen atoms in total. The fourth-order valence-electron chi connectivity index (χ4n) is 6.03. The monoisotopic (exact) mass is 607 g/mol. The molecule has 1 atom stereocenters. The van der Waals surface area contributed by atoms with E-state index in [-0.39, 0.29) is 29.1 Å². The highest BCUT2D eigenvalue weighted by Crippen LogP contribution is 2.35. The van der Waals surface area contributed by atoms with E-state index in [2.05, 4.69) is 36.7 Å². The Hall–Kier alpha value is -4.43. The van der Waals surface area contributed by atoms with Gasteiger partial charge in [-0.25, -0.2) is 9.48 Å². The van der Waals surface area contributed by atoms with Gasteiger partial charge in [-0.15, -0.1) is 0 Å². The quantitative estimate of drug-likeness (QED) is 0.174. The topological polar surface area (TPSA) is 97.3 Å². The normalized spacial score (nSPS) is 14.5. The number of carbonyl (C=O) groups is 2. The minimum absolute atomic E-state index is 0.195. The molecule has 0 saturated carbocycles. The molecule has 1 fully saturated rings. The van der Waals surface area contributed by atoms with Gasteiger partial charge in [0.15, 0.2) is 0 Å². The van der Waals surface area contributed by atoms with Crippen LogP contribution in [-0.2, 0) is 16.6 Å². The summed E-state index contributed by atoms with van der Waals surface area (Å²) in [5.74, 6) is 1.59. The van der Waals surface area contributed by atoms with Crippen LogP contribution in [0, 0.1) is 12.8 Å². The summed E-state index contributed by atoms with van der Waals surface area (Å²) in [5, 5.41) is 14.3. The third kappa shape index (κ3) is 8.00. The van der Waals surface area contributed by atoms with Crippen LogP contribution in [0.3, 0.4) is 0 Å². The van der Waals surface area contributed by atoms with Crippen LogP contribution in [0.15, 0.2) is 78.9 Å². The number of piperidine rings is 1. The van der Waals surface area contributed by atoms with Crippen LogP contribution in [0.4, 0.5) is 16.3 Å². The number of hydrogen-bond donors (Lipinski definition) is 3. The Balaban J connectivity index is 1.35. The number of methoxy groups -OCH3 is 1. The van der Waals surface area contributed by atoms with Crippen molar-refractivity contribution in [2.24, 2.45) is 5.92 Å². The van der Waals surface area contributed by atoms with E-state index in [0.29, 0.717) is 24.3 Å². The van der Waals surface area contributed by atoms with Gasteiger partial charge in [-0.05, 0) is 86.7 Å². The summed E-state index contributed by atoms with van der Waals surface area (Å²) in [6.07, 6.45) is 2.91. The third-order valence-electron chi connectivity index (χ3n) is 8.54. The number of nitrogens with one attached hydrogen (secondary N) is 3. The zero-order valence-electron chi connectivity index (χ0n) is 27.0. The van der Waals surface area contributed by atoms with Gasteiger partial charge >= 0.3 is 6.03 Å². The molecule has 1 aromatic heterocycles. The summed E-state index contributed by atoms with van der Waals surface area (Å²) in [6.45, 7) is 10.1. The molecule has 45 heavy (non-hydrogen) atoms. The van der Waals surface area contributed by atoms with Gasteiger partial charge in [0.2, 0.25) is 0 Å². The number of anilines is 2. The summed E-state index contributed by atoms with van der Waals surface area (Å²) in [5.41, 5.74) is 5.29. The highest BCUT2D eigenvalue weighted by Gasteiger charge is 2.31. The molecule has 3 aromatic carbocycles. The fraction of sp³-hybridized carbons (Fsp3) is 0.378. The molecule has 5 rings (SSSR count). The number of ether oxygens (including phenoxy) is 1. The summed E-state index contributed by atoms with van der Waals surface area (Å²) >= 11 is 0. The molecule has 0 aliphatic carbocycles. The molecule has 1 aliphatic heterocycles. The Morgan fingerprint density at radius 2 is 1.71 bits per heavy atom. The van der Waals surface area contributed by atoms with Crippen molar-refractivity contribution in [1.82, 2.24) is 15.1 Å². The number of para-hydroxylation sites is 1. The average molecular weight is 608 g/mol. The maximum absolute atomic E-state index is 13.9. The predicted molar refractivity (Wildman–Crippen MR) is 181 cm³/mol. The van der Waals surface area contributed by atoms with Crippen LogP contribution < -0.4 is 20.7 Å². The van der Waals surface area contributed by atoms with Crippen molar-refractivity contribution in [3.05, 3.63) is 101 Å². The first-order valence-electron chi connectivity index (χ1n) is 15.8. The average Bonchev–Trinajstić information content (AvgIpc) is 3.45. The maximum Gasteiger partial charge on any atom is 0.324 e. The summed E-state index contributed by atoms with van der Waals surface area (Å²) in [4.78, 5) is 27.3. The second-order valence-corrected chi connectivity index (χ2v) is 13.0. The van der Waals surface area contributed by atoms with Crippen molar-refractivity contribution < 1.29 is 14.3 Å². The highest BCUT2D eigenvalue weighted by molar-refractivity contribution is 5.99. The minimum Gasteiger partial charge on any atom is -0.496 e. The SMILES string of the molecule is COc1ccccc1CCC(=O)C(c1cccc(NC(=O)Nc2cc(C(C)(C)C)nn2-c2ccc(C)cc2)c1)C1CCNCC1. The lowest BCUT2D eigenvalue weighted by Crippen LogP contribution is -2.33. The maximum atomic E-state index is 13.9. The number of amides is 2. The molecule has 8 heteroatoms. The summed E-state index contributed by atoms with van der Waals surface area (Å²) in [7, 11) is 1.66. The molecule has 1 unspecified atom stereocenters. The zero-order chi connectivity index (χ0) is 32.0. The molecule has 3 N–H and O–H groups in total. The lowest BCUT2D eigenvalue weighted by Gasteiger charge is -2.30. The lowest BCUT2D eigenvalue weighted by molar-refractivity contribution is -0.121. The Kier molecular flexibility index (Phi) is 10.0. The smallest absolute Gasteiger partial charge is 0.324 e. The summed E-state index contributed by atoms with van der Waals surface area (Å²) in [6, 6.07) is 25.2. The first kappa shape index (κ1) is 32.0. The second kappa shape index (κ2) is 14.1. The number of ketones is 1. The van der Waals surface area contributed by atoms with Gasteiger partial charge in [-0.3, -0.25) is 10.1 Å². The first-order valence-corrected chi connectivity index (χ1v) is 15.8. The first-order chi connectivity index (χ1) is 21.6. The zero-order valence-corrected chi connectivity index (χ0v) is 27.0. The number of urea groups is 1. The van der Waals surface area contributed by atoms with Gasteiger partial charge < -0.3 is 15.4 Å². The van der Waals surface area contributed by atoms with Crippen molar-refractivity contribution in [3.8, 4) is 11.4 Å². The van der Waals surface area contributed by atoms with Gasteiger partial charge in [0, 0.05) is 29.5 Å². The highest BCUT2D eigenvalue weighted by atomic mass is 16.5. The largest absolute Gasteiger partial charge is 0.496 e. The molecule has 1 saturated heterocycles. The second-order valence-electron chi connectivity index (χ2n) is 13.0. The molecule has 4 aromatic rings. The van der Waals surface area contributed by atoms with Gasteiger partial charge in [0.05, 0.1) is 18.5 Å². The number of hydrogen-bond acceptors (Lipinski definition) is 5. The Bertz CT molecular complexity index is 1610. The van der Waals surface area contributed by atoms with Crippen LogP contribution >= 0.6 is 0 Å². The molecule has 0 bridgehead atoms. The van der Waals surface area contributed by atoms with Crippen molar-refractivity contribution in [3.63, 3.8) is 0 Å². The number of nitrogens with zero attached hydrogens (tertiary/aromatic N) is 2. The molecule has 0 spiro atoms. The Morgan fingerprint density at radius 1 is 0.978 bits per heavy atom. The van der Waals surface area contributed by atoms with Crippen LogP contribution in [-0.4, -0.2) is 41.8 Å². The number of rotatable bonds is 10. The van der Waals surface area contributed by atoms with Crippen LogP contribution in [0.2, 0.25) is 0 Å². The van der Waals surface area contributed by atoms with Crippen molar-refractivity contribution in [1.29, 1.82) is 0 Å². The van der Waals surface area contributed by atoms with Crippen LogP contribution in [0.5, 0.6) is 5.75 Å².